The molecule has 0 atom stereocenters. The van der Waals surface area contributed by atoms with Crippen molar-refractivity contribution >= 4 is 5.78 Å². The summed E-state index contributed by atoms with van der Waals surface area (Å²) in [4.78, 5) is 24.5. The second-order valence-electron chi connectivity index (χ2n) is 2.62. The lowest BCUT2D eigenvalue weighted by atomic mass is 10.1. The number of pyridine rings is 1. The lowest BCUT2D eigenvalue weighted by molar-refractivity contribution is 0.101. The van der Waals surface area contributed by atoms with Crippen LogP contribution in [0, 0.1) is 0 Å². The van der Waals surface area contributed by atoms with Crippen LogP contribution in [0.4, 0.5) is 0 Å². The molecule has 0 aliphatic rings. The van der Waals surface area contributed by atoms with E-state index in [1.54, 1.807) is 6.07 Å². The number of nitrogens with one attached hydrogen (secondary N) is 1. The van der Waals surface area contributed by atoms with Gasteiger partial charge in [0.25, 0.3) is 0 Å². The van der Waals surface area contributed by atoms with Gasteiger partial charge >= 0.3 is 0 Å². The standard InChI is InChI=1S/C9H11NO2.H2/c1-3-8-7(6(2)11)4-5-9(12)10-8;/h4-5H,3H2,1-2H3,(H,10,12);1H. The molecule has 12 heavy (non-hydrogen) atoms. The van der Waals surface area contributed by atoms with Crippen LogP contribution in [0.3, 0.4) is 0 Å². The van der Waals surface area contributed by atoms with Gasteiger partial charge in [0, 0.05) is 18.8 Å². The van der Waals surface area contributed by atoms with Gasteiger partial charge in [0.15, 0.2) is 5.78 Å². The second kappa shape index (κ2) is 3.34. The highest BCUT2D eigenvalue weighted by molar-refractivity contribution is 5.95. The van der Waals surface area contributed by atoms with Gasteiger partial charge in [0.1, 0.15) is 0 Å². The number of rotatable bonds is 2. The molecule has 0 saturated carbocycles. The van der Waals surface area contributed by atoms with Crippen molar-refractivity contribution in [3.63, 3.8) is 0 Å². The predicted octanol–water partition coefficient (Wildman–Crippen LogP) is 1.39. The van der Waals surface area contributed by atoms with Crippen LogP contribution in [0.25, 0.3) is 0 Å². The third-order valence-electron chi connectivity index (χ3n) is 1.73. The Hall–Kier alpha value is -1.38. The highest BCUT2D eigenvalue weighted by Crippen LogP contribution is 2.04. The monoisotopic (exact) mass is 167 g/mol. The summed E-state index contributed by atoms with van der Waals surface area (Å²) in [5.74, 6) is -0.0110. The Kier molecular flexibility index (Phi) is 2.43. The summed E-state index contributed by atoms with van der Waals surface area (Å²) in [5, 5.41) is 0. The summed E-state index contributed by atoms with van der Waals surface area (Å²) in [6.07, 6.45) is 0.672. The second-order valence-corrected chi connectivity index (χ2v) is 2.62. The maximum absolute atomic E-state index is 11.0. The number of hydrogen-bond donors (Lipinski definition) is 1. The van der Waals surface area contributed by atoms with Gasteiger partial charge in [-0.3, -0.25) is 9.59 Å². The van der Waals surface area contributed by atoms with Crippen molar-refractivity contribution in [2.75, 3.05) is 0 Å². The van der Waals surface area contributed by atoms with Crippen LogP contribution in [-0.4, -0.2) is 10.8 Å². The summed E-state index contributed by atoms with van der Waals surface area (Å²) in [7, 11) is 0. The minimum absolute atomic E-state index is 0. The van der Waals surface area contributed by atoms with E-state index in [1.165, 1.54) is 13.0 Å². The summed E-state index contributed by atoms with van der Waals surface area (Å²) in [6, 6.07) is 2.94. The largest absolute Gasteiger partial charge is 0.326 e. The third-order valence-corrected chi connectivity index (χ3v) is 1.73. The van der Waals surface area contributed by atoms with Crippen molar-refractivity contribution < 1.29 is 6.22 Å². The molecule has 66 valence electrons. The lowest BCUT2D eigenvalue weighted by Crippen LogP contribution is -2.11. The van der Waals surface area contributed by atoms with Gasteiger partial charge in [-0.1, -0.05) is 6.92 Å². The van der Waals surface area contributed by atoms with Gasteiger partial charge in [-0.05, 0) is 19.4 Å². The van der Waals surface area contributed by atoms with Crippen LogP contribution in [0.2, 0.25) is 0 Å². The summed E-state index contributed by atoms with van der Waals surface area (Å²) in [5.41, 5.74) is 1.17. The van der Waals surface area contributed by atoms with Gasteiger partial charge in [-0.15, -0.1) is 0 Å². The van der Waals surface area contributed by atoms with Crippen LogP contribution >= 0.6 is 0 Å². The zero-order chi connectivity index (χ0) is 9.14. The molecule has 0 bridgehead atoms. The number of Topliss-reactive ketones (excluding diaryl/α,β-unsaturated/α-hetero) is 1. The molecule has 0 unspecified atom stereocenters. The average Bonchev–Trinajstić information content (AvgIpc) is 2.03. The Morgan fingerprint density at radius 2 is 2.25 bits per heavy atom. The molecule has 0 aliphatic carbocycles. The van der Waals surface area contributed by atoms with Crippen molar-refractivity contribution in [3.05, 3.63) is 33.7 Å². The molecule has 3 heteroatoms. The van der Waals surface area contributed by atoms with E-state index in [-0.39, 0.29) is 12.8 Å². The van der Waals surface area contributed by atoms with Crippen LogP contribution < -0.4 is 5.56 Å². The lowest BCUT2D eigenvalue weighted by Gasteiger charge is -2.01. The van der Waals surface area contributed by atoms with Gasteiger partial charge in [0.2, 0.25) is 5.56 Å². The quantitative estimate of drug-likeness (QED) is 0.676. The highest BCUT2D eigenvalue weighted by Gasteiger charge is 2.04. The Labute approximate surface area is 71.9 Å². The first-order valence-corrected chi connectivity index (χ1v) is 3.88. The number of hydrogen-bond acceptors (Lipinski definition) is 2. The minimum Gasteiger partial charge on any atom is -0.326 e. The first-order chi connectivity index (χ1) is 5.65. The topological polar surface area (TPSA) is 49.9 Å². The number of aromatic amines is 1. The number of aryl methyl sites for hydroxylation is 1. The number of ketones is 1. The molecular formula is C9H13NO2. The molecule has 1 heterocycles. The molecule has 1 rings (SSSR count). The van der Waals surface area contributed by atoms with Crippen LogP contribution in [0.15, 0.2) is 16.9 Å². The SMILES string of the molecule is CCc1[nH]c(=O)ccc1C(C)=O.[HH]. The molecule has 0 aromatic carbocycles. The number of aromatic nitrogens is 1. The summed E-state index contributed by atoms with van der Waals surface area (Å²) in [6.45, 7) is 3.39. The Bertz CT molecular complexity index is 357. The number of carbonyl (C=O) groups is 1. The Morgan fingerprint density at radius 3 is 2.75 bits per heavy atom. The molecule has 0 aliphatic heterocycles. The van der Waals surface area contributed by atoms with Crippen molar-refractivity contribution in [1.29, 1.82) is 0 Å². The highest BCUT2D eigenvalue weighted by atomic mass is 16.1. The maximum Gasteiger partial charge on any atom is 0.248 e. The fraction of sp³-hybridized carbons (Fsp3) is 0.333. The van der Waals surface area contributed by atoms with Gasteiger partial charge in [-0.2, -0.15) is 0 Å². The van der Waals surface area contributed by atoms with Crippen LogP contribution in [0.1, 0.15) is 31.3 Å². The van der Waals surface area contributed by atoms with Gasteiger partial charge in [-0.25, -0.2) is 0 Å². The zero-order valence-corrected chi connectivity index (χ0v) is 7.18. The normalized spacial score (nSPS) is 9.83. The molecule has 3 nitrogen and oxygen atoms in total. The van der Waals surface area contributed by atoms with Crippen LogP contribution in [0.5, 0.6) is 0 Å². The molecule has 0 fully saturated rings. The molecule has 0 spiro atoms. The minimum atomic E-state index is -0.156. The first kappa shape index (κ1) is 8.71. The van der Waals surface area contributed by atoms with E-state index in [4.69, 9.17) is 0 Å². The van der Waals surface area contributed by atoms with E-state index >= 15 is 0 Å². The molecular weight excluding hydrogens is 154 g/mol. The van der Waals surface area contributed by atoms with Crippen molar-refractivity contribution in [2.45, 2.75) is 20.3 Å². The smallest absolute Gasteiger partial charge is 0.248 e. The summed E-state index contributed by atoms with van der Waals surface area (Å²) < 4.78 is 0. The third kappa shape index (κ3) is 1.61. The summed E-state index contributed by atoms with van der Waals surface area (Å²) >= 11 is 0. The van der Waals surface area contributed by atoms with Crippen molar-refractivity contribution in [2.24, 2.45) is 0 Å². The van der Waals surface area contributed by atoms with E-state index < -0.39 is 0 Å². The van der Waals surface area contributed by atoms with E-state index in [9.17, 15) is 9.59 Å². The van der Waals surface area contributed by atoms with Crippen molar-refractivity contribution in [3.8, 4) is 0 Å². The van der Waals surface area contributed by atoms with Crippen LogP contribution in [-0.2, 0) is 6.42 Å². The first-order valence-electron chi connectivity index (χ1n) is 3.88. The Balaban J connectivity index is 0.00000144. The fourth-order valence-electron chi connectivity index (χ4n) is 1.13. The molecule has 1 aromatic rings. The van der Waals surface area contributed by atoms with Gasteiger partial charge < -0.3 is 4.98 Å². The van der Waals surface area contributed by atoms with Crippen molar-refractivity contribution in [1.82, 2.24) is 4.98 Å². The predicted molar refractivity (Wildman–Crippen MR) is 48.6 cm³/mol. The average molecular weight is 167 g/mol. The zero-order valence-electron chi connectivity index (χ0n) is 7.18. The van der Waals surface area contributed by atoms with E-state index in [1.807, 2.05) is 6.92 Å². The van der Waals surface area contributed by atoms with E-state index in [0.29, 0.717) is 12.0 Å². The molecule has 1 aromatic heterocycles. The molecule has 0 saturated heterocycles. The molecule has 0 amide bonds. The Morgan fingerprint density at radius 1 is 1.58 bits per heavy atom. The van der Waals surface area contributed by atoms with E-state index in [0.717, 1.165) is 5.69 Å². The molecule has 1 N–H and O–H groups in total. The molecule has 0 radical (unpaired) electrons. The maximum atomic E-state index is 11.0. The fourth-order valence-corrected chi connectivity index (χ4v) is 1.13. The number of carbonyl (C=O) groups excluding carboxylic acids is 1. The van der Waals surface area contributed by atoms with E-state index in [2.05, 4.69) is 4.98 Å². The number of H-pyrrole nitrogens is 1. The van der Waals surface area contributed by atoms with Gasteiger partial charge in [0.05, 0.1) is 0 Å².